The number of allylic oxidation sites excluding steroid dienone is 1. The number of piperazine rings is 1. The Morgan fingerprint density at radius 3 is 2.58 bits per heavy atom. The summed E-state index contributed by atoms with van der Waals surface area (Å²) >= 11 is 5.86. The van der Waals surface area contributed by atoms with Crippen molar-refractivity contribution in [2.75, 3.05) is 53.0 Å². The summed E-state index contributed by atoms with van der Waals surface area (Å²) in [6.45, 7) is 5.85. The van der Waals surface area contributed by atoms with Gasteiger partial charge in [-0.25, -0.2) is 18.4 Å². The summed E-state index contributed by atoms with van der Waals surface area (Å²) < 4.78 is 40.3. The summed E-state index contributed by atoms with van der Waals surface area (Å²) in [5.41, 5.74) is -0.977. The van der Waals surface area contributed by atoms with Gasteiger partial charge in [-0.1, -0.05) is 11.6 Å². The first-order chi connectivity index (χ1) is 15.8. The molecule has 0 amide bonds. The average molecular weight is 486 g/mol. The van der Waals surface area contributed by atoms with Crippen molar-refractivity contribution in [3.63, 3.8) is 0 Å². The van der Waals surface area contributed by atoms with Crippen molar-refractivity contribution in [1.82, 2.24) is 15.5 Å². The molecule has 8 nitrogen and oxygen atoms in total. The van der Waals surface area contributed by atoms with Gasteiger partial charge in [0.2, 0.25) is 0 Å². The maximum absolute atomic E-state index is 15.0. The van der Waals surface area contributed by atoms with Crippen LogP contribution in [0.2, 0.25) is 5.02 Å². The van der Waals surface area contributed by atoms with Crippen LogP contribution in [0.5, 0.6) is 0 Å². The Balaban J connectivity index is 1.96. The molecule has 0 spiro atoms. The first kappa shape index (κ1) is 25.1. The molecular formula is C22H26ClF2N3O5. The Hall–Kier alpha value is -2.53. The molecular weight excluding hydrogens is 460 g/mol. The number of carboxylic acids is 1. The molecule has 1 aromatic carbocycles. The molecule has 1 aromatic rings. The summed E-state index contributed by atoms with van der Waals surface area (Å²) in [7, 11) is 1.10. The molecule has 180 valence electrons. The molecule has 33 heavy (non-hydrogen) atoms. The molecule has 0 bridgehead atoms. The summed E-state index contributed by atoms with van der Waals surface area (Å²) in [6.07, 6.45) is 0. The van der Waals surface area contributed by atoms with Gasteiger partial charge in [0.15, 0.2) is 0 Å². The van der Waals surface area contributed by atoms with E-state index >= 15 is 0 Å². The van der Waals surface area contributed by atoms with Gasteiger partial charge in [0.25, 0.3) is 0 Å². The van der Waals surface area contributed by atoms with Gasteiger partial charge in [0, 0.05) is 44.0 Å². The van der Waals surface area contributed by atoms with Crippen LogP contribution in [0.3, 0.4) is 0 Å². The Labute approximate surface area is 195 Å². The second-order valence-electron chi connectivity index (χ2n) is 7.69. The van der Waals surface area contributed by atoms with Gasteiger partial charge in [0.1, 0.15) is 11.6 Å². The minimum Gasteiger partial charge on any atom is -0.478 e. The molecule has 0 saturated carbocycles. The van der Waals surface area contributed by atoms with Gasteiger partial charge in [-0.2, -0.15) is 0 Å². The van der Waals surface area contributed by atoms with Crippen LogP contribution in [-0.4, -0.2) is 75.0 Å². The molecule has 1 unspecified atom stereocenters. The predicted molar refractivity (Wildman–Crippen MR) is 117 cm³/mol. The van der Waals surface area contributed by atoms with Crippen molar-refractivity contribution in [1.29, 1.82) is 0 Å². The number of benzene rings is 1. The number of nitrogens with one attached hydrogen (secondary N) is 2. The maximum Gasteiger partial charge on any atom is 0.336 e. The van der Waals surface area contributed by atoms with Crippen molar-refractivity contribution in [3.05, 3.63) is 56.9 Å². The molecule has 1 fully saturated rings. The molecule has 0 aliphatic carbocycles. The molecule has 3 N–H and O–H groups in total. The number of aliphatic carboxylic acids is 1. The monoisotopic (exact) mass is 485 g/mol. The van der Waals surface area contributed by atoms with E-state index in [9.17, 15) is 23.5 Å². The van der Waals surface area contributed by atoms with Crippen LogP contribution in [0, 0.1) is 11.6 Å². The number of dihydropyridines is 1. The van der Waals surface area contributed by atoms with Gasteiger partial charge in [-0.15, -0.1) is 0 Å². The Kier molecular flexibility index (Phi) is 8.41. The zero-order valence-electron chi connectivity index (χ0n) is 18.3. The number of carboxylic acid groups (broad SMARTS) is 1. The van der Waals surface area contributed by atoms with Crippen LogP contribution < -0.4 is 10.6 Å². The third-order valence-corrected chi connectivity index (χ3v) is 5.95. The number of methoxy groups -OCH3 is 1. The lowest BCUT2D eigenvalue weighted by molar-refractivity contribution is -0.136. The molecule has 1 saturated heterocycles. The summed E-state index contributed by atoms with van der Waals surface area (Å²) in [6, 6.07) is 1.95. The normalized spacial score (nSPS) is 19.5. The number of halogens is 3. The first-order valence-electron chi connectivity index (χ1n) is 10.4. The third-order valence-electron chi connectivity index (χ3n) is 5.66. The van der Waals surface area contributed by atoms with Crippen molar-refractivity contribution in [2.24, 2.45) is 0 Å². The highest BCUT2D eigenvalue weighted by Crippen LogP contribution is 2.42. The van der Waals surface area contributed by atoms with E-state index in [1.165, 1.54) is 6.92 Å². The largest absolute Gasteiger partial charge is 0.478 e. The topological polar surface area (TPSA) is 100 Å². The van der Waals surface area contributed by atoms with Gasteiger partial charge in [0.05, 0.1) is 48.1 Å². The van der Waals surface area contributed by atoms with Gasteiger partial charge in [-0.05, 0) is 19.1 Å². The van der Waals surface area contributed by atoms with Gasteiger partial charge in [-0.3, -0.25) is 4.90 Å². The third kappa shape index (κ3) is 5.52. The lowest BCUT2D eigenvalue weighted by atomic mass is 9.79. The minimum atomic E-state index is -1.58. The number of esters is 1. The lowest BCUT2D eigenvalue weighted by Crippen LogP contribution is -2.44. The van der Waals surface area contributed by atoms with Gasteiger partial charge >= 0.3 is 11.9 Å². The maximum atomic E-state index is 15.0. The summed E-state index contributed by atoms with van der Waals surface area (Å²) in [5.74, 6) is -6.13. The molecule has 11 heteroatoms. The second kappa shape index (κ2) is 11.1. The predicted octanol–water partition coefficient (Wildman–Crippen LogP) is 2.01. The molecule has 0 aromatic heterocycles. The smallest absolute Gasteiger partial charge is 0.336 e. The molecule has 2 heterocycles. The summed E-state index contributed by atoms with van der Waals surface area (Å²) in [4.78, 5) is 27.0. The highest BCUT2D eigenvalue weighted by molar-refractivity contribution is 6.30. The number of carbonyl (C=O) groups is 2. The molecule has 3 rings (SSSR count). The number of hydrogen-bond donors (Lipinski definition) is 3. The fourth-order valence-electron chi connectivity index (χ4n) is 4.04. The van der Waals surface area contributed by atoms with Crippen LogP contribution in [0.25, 0.3) is 0 Å². The van der Waals surface area contributed by atoms with Crippen LogP contribution in [0.15, 0.2) is 34.7 Å². The van der Waals surface area contributed by atoms with Crippen molar-refractivity contribution in [3.8, 4) is 0 Å². The van der Waals surface area contributed by atoms with E-state index in [1.54, 1.807) is 0 Å². The number of nitrogens with zero attached hydrogens (tertiary/aromatic N) is 1. The van der Waals surface area contributed by atoms with Crippen molar-refractivity contribution < 1.29 is 33.0 Å². The fraction of sp³-hybridized carbons (Fsp3) is 0.455. The number of carbonyl (C=O) groups excluding carboxylic acids is 1. The van der Waals surface area contributed by atoms with Crippen LogP contribution in [0.1, 0.15) is 18.4 Å². The van der Waals surface area contributed by atoms with E-state index in [2.05, 4.69) is 15.5 Å². The van der Waals surface area contributed by atoms with Crippen LogP contribution >= 0.6 is 11.6 Å². The van der Waals surface area contributed by atoms with Crippen molar-refractivity contribution >= 4 is 23.5 Å². The lowest BCUT2D eigenvalue weighted by Gasteiger charge is -2.31. The zero-order valence-corrected chi connectivity index (χ0v) is 19.1. The minimum absolute atomic E-state index is 0.0942. The van der Waals surface area contributed by atoms with Crippen LogP contribution in [-0.2, 0) is 19.1 Å². The summed E-state index contributed by atoms with van der Waals surface area (Å²) in [5, 5.41) is 15.7. The van der Waals surface area contributed by atoms with E-state index in [4.69, 9.17) is 21.1 Å². The second-order valence-corrected chi connectivity index (χ2v) is 8.09. The molecule has 2 aliphatic rings. The Bertz CT molecular complexity index is 992. The number of hydrogen-bond acceptors (Lipinski definition) is 7. The van der Waals surface area contributed by atoms with Gasteiger partial charge < -0.3 is 25.2 Å². The van der Waals surface area contributed by atoms with E-state index in [-0.39, 0.29) is 23.6 Å². The standard InChI is InChI=1S/C22H26ClF2N3O5/c1-12-16(22(31)32-2)19(17-14(24)4-3-13(23)20(17)25)18(21(29)30)15(27-12)11-33-10-9-28-7-5-26-6-8-28/h3-4,19,26-27H,5-11H2,1-2H3,(H,29,30). The van der Waals surface area contributed by atoms with Crippen LogP contribution in [0.4, 0.5) is 8.78 Å². The Morgan fingerprint density at radius 2 is 1.94 bits per heavy atom. The van der Waals surface area contributed by atoms with E-state index in [0.29, 0.717) is 13.2 Å². The number of ether oxygens (including phenoxy) is 2. The van der Waals surface area contributed by atoms with E-state index in [1.807, 2.05) is 0 Å². The quantitative estimate of drug-likeness (QED) is 0.292. The zero-order chi connectivity index (χ0) is 24.1. The Morgan fingerprint density at radius 1 is 1.24 bits per heavy atom. The highest BCUT2D eigenvalue weighted by atomic mass is 35.5. The highest BCUT2D eigenvalue weighted by Gasteiger charge is 2.41. The molecule has 2 aliphatic heterocycles. The van der Waals surface area contributed by atoms with Crippen molar-refractivity contribution in [2.45, 2.75) is 12.8 Å². The number of rotatable bonds is 8. The van der Waals surface area contributed by atoms with E-state index in [0.717, 1.165) is 45.4 Å². The first-order valence-corrected chi connectivity index (χ1v) is 10.8. The molecule has 1 atom stereocenters. The van der Waals surface area contributed by atoms with E-state index < -0.39 is 45.7 Å². The average Bonchev–Trinajstić information content (AvgIpc) is 2.79. The SMILES string of the molecule is COC(=O)C1=C(C)NC(COCCN2CCNCC2)=C(C(=O)O)C1c1c(F)ccc(Cl)c1F. The fourth-order valence-corrected chi connectivity index (χ4v) is 4.21. The molecule has 0 radical (unpaired) electrons.